The molecule has 0 aliphatic carbocycles. The minimum absolute atomic E-state index is 0.421. The number of rotatable bonds is 7. The van der Waals surface area contributed by atoms with E-state index in [4.69, 9.17) is 26.8 Å². The summed E-state index contributed by atoms with van der Waals surface area (Å²) in [5, 5.41) is 4.09. The molecule has 20 heavy (non-hydrogen) atoms. The maximum atomic E-state index is 10.5. The van der Waals surface area contributed by atoms with Gasteiger partial charge in [0, 0.05) is 0 Å². The molecule has 0 atom stereocenters. The molecule has 2 amide bonds. The molecule has 0 saturated carbocycles. The van der Waals surface area contributed by atoms with Gasteiger partial charge in [0.05, 0.1) is 24.5 Å². The summed E-state index contributed by atoms with van der Waals surface area (Å²) in [6.07, 6.45) is 2.29. The van der Waals surface area contributed by atoms with E-state index in [-0.39, 0.29) is 0 Å². The number of halogens is 1. The Balaban J connectivity index is 2.99. The molecule has 1 rings (SSSR count). The molecular weight excluding hydrogens is 282 g/mol. The molecule has 1 aromatic carbocycles. The molecule has 0 heterocycles. The Labute approximate surface area is 122 Å². The number of nitrogens with one attached hydrogen (secondary N) is 1. The Kier molecular flexibility index (Phi) is 6.66. The van der Waals surface area contributed by atoms with Crippen molar-refractivity contribution in [1.82, 2.24) is 5.43 Å². The number of hydrazone groups is 1. The fourth-order valence-corrected chi connectivity index (χ4v) is 1.71. The van der Waals surface area contributed by atoms with Crippen molar-refractivity contribution < 1.29 is 14.3 Å². The lowest BCUT2D eigenvalue weighted by molar-refractivity contribution is 0.249. The zero-order valence-corrected chi connectivity index (χ0v) is 12.2. The third kappa shape index (κ3) is 4.97. The van der Waals surface area contributed by atoms with E-state index in [0.29, 0.717) is 35.3 Å². The van der Waals surface area contributed by atoms with Crippen molar-refractivity contribution in [1.29, 1.82) is 0 Å². The monoisotopic (exact) mass is 299 g/mol. The Bertz CT molecular complexity index is 492. The molecule has 0 fully saturated rings. The largest absolute Gasteiger partial charge is 0.490 e. The van der Waals surface area contributed by atoms with Crippen LogP contribution in [0.3, 0.4) is 0 Å². The van der Waals surface area contributed by atoms with Crippen LogP contribution in [0, 0.1) is 0 Å². The first-order chi connectivity index (χ1) is 9.58. The number of hydrogen-bond donors (Lipinski definition) is 2. The van der Waals surface area contributed by atoms with Gasteiger partial charge in [0.2, 0.25) is 0 Å². The second-order valence-electron chi connectivity index (χ2n) is 3.85. The molecule has 110 valence electrons. The summed E-state index contributed by atoms with van der Waals surface area (Å²) in [5.41, 5.74) is 7.68. The van der Waals surface area contributed by atoms with Crippen molar-refractivity contribution >= 4 is 23.8 Å². The Morgan fingerprint density at radius 2 is 2.20 bits per heavy atom. The van der Waals surface area contributed by atoms with Crippen molar-refractivity contribution in [3.8, 4) is 11.5 Å². The van der Waals surface area contributed by atoms with Crippen LogP contribution in [0.25, 0.3) is 0 Å². The number of primary amides is 1. The zero-order chi connectivity index (χ0) is 15.0. The third-order valence-electron chi connectivity index (χ3n) is 2.17. The van der Waals surface area contributed by atoms with E-state index >= 15 is 0 Å². The lowest BCUT2D eigenvalue weighted by Crippen LogP contribution is -2.24. The number of ether oxygens (including phenoxy) is 2. The minimum atomic E-state index is -0.736. The number of carbonyl (C=O) groups is 1. The molecule has 7 heteroatoms. The van der Waals surface area contributed by atoms with Crippen LogP contribution in [-0.4, -0.2) is 25.5 Å². The van der Waals surface area contributed by atoms with Crippen molar-refractivity contribution in [2.45, 2.75) is 20.3 Å². The van der Waals surface area contributed by atoms with Crippen molar-refractivity contribution in [3.05, 3.63) is 22.7 Å². The molecule has 1 aromatic rings. The highest BCUT2D eigenvalue weighted by atomic mass is 35.5. The molecular formula is C13H18ClN3O3. The maximum absolute atomic E-state index is 10.5. The van der Waals surface area contributed by atoms with Gasteiger partial charge in [-0.05, 0) is 31.0 Å². The van der Waals surface area contributed by atoms with Crippen LogP contribution in [0.15, 0.2) is 17.2 Å². The number of urea groups is 1. The molecule has 0 aliphatic heterocycles. The number of carbonyl (C=O) groups excluding carboxylic acids is 1. The van der Waals surface area contributed by atoms with Crippen LogP contribution < -0.4 is 20.6 Å². The fraction of sp³-hybridized carbons (Fsp3) is 0.385. The van der Waals surface area contributed by atoms with Gasteiger partial charge >= 0.3 is 6.03 Å². The van der Waals surface area contributed by atoms with E-state index in [1.165, 1.54) is 6.21 Å². The van der Waals surface area contributed by atoms with E-state index in [9.17, 15) is 4.79 Å². The highest BCUT2D eigenvalue weighted by Crippen LogP contribution is 2.36. The van der Waals surface area contributed by atoms with Crippen LogP contribution in [0.5, 0.6) is 11.5 Å². The number of nitrogens with zero attached hydrogens (tertiary/aromatic N) is 1. The molecule has 6 nitrogen and oxygen atoms in total. The van der Waals surface area contributed by atoms with Gasteiger partial charge in [0.1, 0.15) is 0 Å². The van der Waals surface area contributed by atoms with Gasteiger partial charge < -0.3 is 15.2 Å². The van der Waals surface area contributed by atoms with Crippen LogP contribution in [-0.2, 0) is 0 Å². The molecule has 0 spiro atoms. The number of benzene rings is 1. The van der Waals surface area contributed by atoms with Gasteiger partial charge in [0.15, 0.2) is 11.5 Å². The topological polar surface area (TPSA) is 85.9 Å². The number of hydrogen-bond acceptors (Lipinski definition) is 4. The summed E-state index contributed by atoms with van der Waals surface area (Å²) in [4.78, 5) is 10.5. The lowest BCUT2D eigenvalue weighted by Gasteiger charge is -2.13. The summed E-state index contributed by atoms with van der Waals surface area (Å²) in [5.74, 6) is 1.05. The van der Waals surface area contributed by atoms with Gasteiger partial charge in [-0.25, -0.2) is 10.2 Å². The summed E-state index contributed by atoms with van der Waals surface area (Å²) in [6.45, 7) is 4.91. The summed E-state index contributed by atoms with van der Waals surface area (Å²) in [6, 6.07) is 2.66. The second-order valence-corrected chi connectivity index (χ2v) is 4.25. The molecule has 0 aromatic heterocycles. The normalized spacial score (nSPS) is 10.6. The molecule has 0 bridgehead atoms. The van der Waals surface area contributed by atoms with Gasteiger partial charge in [-0.3, -0.25) is 0 Å². The van der Waals surface area contributed by atoms with E-state index in [1.807, 2.05) is 13.8 Å². The minimum Gasteiger partial charge on any atom is -0.490 e. The Morgan fingerprint density at radius 1 is 1.45 bits per heavy atom. The van der Waals surface area contributed by atoms with Gasteiger partial charge in [-0.2, -0.15) is 5.10 Å². The predicted octanol–water partition coefficient (Wildman–Crippen LogP) is 2.53. The molecule has 0 radical (unpaired) electrons. The highest BCUT2D eigenvalue weighted by Gasteiger charge is 2.11. The molecule has 0 aliphatic rings. The van der Waals surface area contributed by atoms with Crippen molar-refractivity contribution in [3.63, 3.8) is 0 Å². The molecule has 3 N–H and O–H groups in total. The zero-order valence-electron chi connectivity index (χ0n) is 11.5. The average molecular weight is 300 g/mol. The highest BCUT2D eigenvalue weighted by molar-refractivity contribution is 6.32. The first-order valence-corrected chi connectivity index (χ1v) is 6.63. The fourth-order valence-electron chi connectivity index (χ4n) is 1.44. The number of nitrogens with two attached hydrogens (primary N) is 1. The Hall–Kier alpha value is -1.95. The third-order valence-corrected chi connectivity index (χ3v) is 2.45. The summed E-state index contributed by atoms with van der Waals surface area (Å²) in [7, 11) is 0. The summed E-state index contributed by atoms with van der Waals surface area (Å²) >= 11 is 6.17. The first-order valence-electron chi connectivity index (χ1n) is 6.26. The number of amides is 2. The van der Waals surface area contributed by atoms with Gasteiger partial charge in [-0.15, -0.1) is 0 Å². The lowest BCUT2D eigenvalue weighted by atomic mass is 10.2. The van der Waals surface area contributed by atoms with Gasteiger partial charge in [-0.1, -0.05) is 18.5 Å². The average Bonchev–Trinajstić information content (AvgIpc) is 2.38. The van der Waals surface area contributed by atoms with E-state index < -0.39 is 6.03 Å². The quantitative estimate of drug-likeness (QED) is 0.599. The van der Waals surface area contributed by atoms with Crippen molar-refractivity contribution in [2.24, 2.45) is 10.8 Å². The van der Waals surface area contributed by atoms with E-state index in [0.717, 1.165) is 6.42 Å². The maximum Gasteiger partial charge on any atom is 0.332 e. The van der Waals surface area contributed by atoms with Crippen LogP contribution in [0.1, 0.15) is 25.8 Å². The second kappa shape index (κ2) is 8.27. The molecule has 0 unspecified atom stereocenters. The molecule has 0 saturated heterocycles. The Morgan fingerprint density at radius 3 is 2.80 bits per heavy atom. The standard InChI is InChI=1S/C13H18ClN3O3/c1-3-5-20-12-10(14)6-9(7-11(12)19-4-2)8-16-17-13(15)18/h6-8H,3-5H2,1-2H3,(H3,15,17,18). The smallest absolute Gasteiger partial charge is 0.332 e. The predicted molar refractivity (Wildman–Crippen MR) is 78.7 cm³/mol. The van der Waals surface area contributed by atoms with E-state index in [2.05, 4.69) is 10.5 Å². The van der Waals surface area contributed by atoms with Crippen LogP contribution >= 0.6 is 11.6 Å². The van der Waals surface area contributed by atoms with Crippen LogP contribution in [0.4, 0.5) is 4.79 Å². The van der Waals surface area contributed by atoms with Crippen LogP contribution in [0.2, 0.25) is 5.02 Å². The summed E-state index contributed by atoms with van der Waals surface area (Å²) < 4.78 is 11.1. The van der Waals surface area contributed by atoms with Crippen molar-refractivity contribution in [2.75, 3.05) is 13.2 Å². The van der Waals surface area contributed by atoms with Gasteiger partial charge in [0.25, 0.3) is 0 Å². The first kappa shape index (κ1) is 16.1. The SMILES string of the molecule is CCCOc1c(Cl)cc(C=NNC(N)=O)cc1OCC. The van der Waals surface area contributed by atoms with E-state index in [1.54, 1.807) is 12.1 Å².